The maximum absolute atomic E-state index is 13.4. The molecule has 0 bridgehead atoms. The molecule has 1 aliphatic rings. The second kappa shape index (κ2) is 9.36. The smallest absolute Gasteiger partial charge is 0.272 e. The van der Waals surface area contributed by atoms with Crippen molar-refractivity contribution in [3.63, 3.8) is 0 Å². The lowest BCUT2D eigenvalue weighted by Gasteiger charge is -2.19. The van der Waals surface area contributed by atoms with Crippen LogP contribution in [0.4, 0.5) is 11.4 Å². The van der Waals surface area contributed by atoms with Gasteiger partial charge in [0.2, 0.25) is 0 Å². The van der Waals surface area contributed by atoms with E-state index in [0.717, 1.165) is 5.69 Å². The van der Waals surface area contributed by atoms with Crippen LogP contribution in [0.5, 0.6) is 5.75 Å². The molecule has 1 aliphatic heterocycles. The van der Waals surface area contributed by atoms with E-state index in [0.29, 0.717) is 33.2 Å². The molecule has 0 atom stereocenters. The molecule has 1 heterocycles. The standard InChI is InChI=1S/C23H26N2O4S/c1-15(2)29-19-10-8-16(9-11-19)20-21(30-13-12-26)23(28)25(22(20)27)18-7-5-6-17(14-18)24(3)4/h5-11,14-15,26H,12-13H2,1-4H3. The molecule has 0 radical (unpaired) electrons. The van der Waals surface area contributed by atoms with Gasteiger partial charge >= 0.3 is 0 Å². The predicted octanol–water partition coefficient (Wildman–Crippen LogP) is 3.55. The van der Waals surface area contributed by atoms with Crippen molar-refractivity contribution in [1.82, 2.24) is 0 Å². The molecule has 2 amide bonds. The number of ether oxygens (including phenoxy) is 1. The second-order valence-electron chi connectivity index (χ2n) is 7.33. The fourth-order valence-electron chi connectivity index (χ4n) is 3.16. The molecule has 0 saturated heterocycles. The lowest BCUT2D eigenvalue weighted by atomic mass is 10.1. The van der Waals surface area contributed by atoms with Crippen LogP contribution in [0.15, 0.2) is 53.4 Å². The fraction of sp³-hybridized carbons (Fsp3) is 0.304. The number of anilines is 2. The highest BCUT2D eigenvalue weighted by molar-refractivity contribution is 8.04. The molecular formula is C23H26N2O4S. The molecule has 0 saturated carbocycles. The van der Waals surface area contributed by atoms with E-state index in [9.17, 15) is 14.7 Å². The van der Waals surface area contributed by atoms with Gasteiger partial charge in [-0.05, 0) is 49.7 Å². The van der Waals surface area contributed by atoms with E-state index in [1.165, 1.54) is 16.7 Å². The number of carbonyl (C=O) groups is 2. The van der Waals surface area contributed by atoms with Gasteiger partial charge < -0.3 is 14.7 Å². The summed E-state index contributed by atoms with van der Waals surface area (Å²) in [6.07, 6.45) is 0.0416. The van der Waals surface area contributed by atoms with Crippen molar-refractivity contribution in [3.8, 4) is 5.75 Å². The summed E-state index contributed by atoms with van der Waals surface area (Å²) in [5, 5.41) is 9.26. The molecule has 0 aromatic heterocycles. The molecule has 6 nitrogen and oxygen atoms in total. The van der Waals surface area contributed by atoms with E-state index in [2.05, 4.69) is 0 Å². The zero-order valence-electron chi connectivity index (χ0n) is 17.6. The van der Waals surface area contributed by atoms with Crippen LogP contribution in [-0.4, -0.2) is 49.5 Å². The van der Waals surface area contributed by atoms with Gasteiger partial charge in [-0.25, -0.2) is 4.90 Å². The highest BCUT2D eigenvalue weighted by Gasteiger charge is 2.40. The quantitative estimate of drug-likeness (QED) is 0.651. The number of thioether (sulfide) groups is 1. The van der Waals surface area contributed by atoms with Crippen molar-refractivity contribution in [3.05, 3.63) is 59.0 Å². The minimum absolute atomic E-state index is 0.0416. The normalized spacial score (nSPS) is 14.1. The number of aliphatic hydroxyl groups excluding tert-OH is 1. The van der Waals surface area contributed by atoms with Gasteiger partial charge in [-0.1, -0.05) is 18.2 Å². The third kappa shape index (κ3) is 4.52. The number of benzene rings is 2. The molecule has 2 aromatic carbocycles. The number of nitrogens with zero attached hydrogens (tertiary/aromatic N) is 2. The van der Waals surface area contributed by atoms with Crippen LogP contribution >= 0.6 is 11.8 Å². The van der Waals surface area contributed by atoms with Crippen molar-refractivity contribution in [2.45, 2.75) is 20.0 Å². The van der Waals surface area contributed by atoms with Crippen molar-refractivity contribution < 1.29 is 19.4 Å². The molecule has 2 aromatic rings. The minimum atomic E-state index is -0.369. The number of imide groups is 1. The molecule has 0 spiro atoms. The summed E-state index contributed by atoms with van der Waals surface area (Å²) in [5.41, 5.74) is 2.41. The van der Waals surface area contributed by atoms with Crippen molar-refractivity contribution in [1.29, 1.82) is 0 Å². The Bertz CT molecular complexity index is 967. The summed E-state index contributed by atoms with van der Waals surface area (Å²) < 4.78 is 5.68. The largest absolute Gasteiger partial charge is 0.491 e. The Labute approximate surface area is 181 Å². The van der Waals surface area contributed by atoms with E-state index in [1.54, 1.807) is 30.3 Å². The second-order valence-corrected chi connectivity index (χ2v) is 8.43. The average Bonchev–Trinajstić information content (AvgIpc) is 2.96. The zero-order chi connectivity index (χ0) is 21.8. The summed E-state index contributed by atoms with van der Waals surface area (Å²) in [6.45, 7) is 3.80. The highest BCUT2D eigenvalue weighted by atomic mass is 32.2. The summed E-state index contributed by atoms with van der Waals surface area (Å²) in [6, 6.07) is 14.5. The van der Waals surface area contributed by atoms with Crippen molar-refractivity contribution >= 4 is 40.5 Å². The fourth-order valence-corrected chi connectivity index (χ4v) is 4.02. The van der Waals surface area contributed by atoms with Gasteiger partial charge in [0.1, 0.15) is 5.75 Å². The van der Waals surface area contributed by atoms with Crippen LogP contribution < -0.4 is 14.5 Å². The SMILES string of the molecule is CC(C)Oc1ccc(C2=C(SCCO)C(=O)N(c3cccc(N(C)C)c3)C2=O)cc1. The first-order valence-corrected chi connectivity index (χ1v) is 10.7. The van der Waals surface area contributed by atoms with Crippen molar-refractivity contribution in [2.24, 2.45) is 0 Å². The molecule has 0 unspecified atom stereocenters. The Kier molecular flexibility index (Phi) is 6.84. The topological polar surface area (TPSA) is 70.1 Å². The number of rotatable bonds is 8. The Balaban J connectivity index is 2.00. The van der Waals surface area contributed by atoms with Crippen LogP contribution in [0.3, 0.4) is 0 Å². The third-order valence-corrected chi connectivity index (χ3v) is 5.55. The maximum atomic E-state index is 13.4. The molecule has 3 rings (SSSR count). The van der Waals surface area contributed by atoms with Crippen LogP contribution in [0, 0.1) is 0 Å². The number of carbonyl (C=O) groups excluding carboxylic acids is 2. The summed E-state index contributed by atoms with van der Waals surface area (Å²) in [4.78, 5) is 30.0. The summed E-state index contributed by atoms with van der Waals surface area (Å²) in [7, 11) is 3.81. The van der Waals surface area contributed by atoms with E-state index < -0.39 is 0 Å². The molecule has 0 fully saturated rings. The average molecular weight is 427 g/mol. The number of amides is 2. The van der Waals surface area contributed by atoms with Gasteiger partial charge in [0.15, 0.2) is 0 Å². The molecule has 158 valence electrons. The van der Waals surface area contributed by atoms with Crippen molar-refractivity contribution in [2.75, 3.05) is 36.3 Å². The minimum Gasteiger partial charge on any atom is -0.491 e. The van der Waals surface area contributed by atoms with Gasteiger partial charge in [0, 0.05) is 25.5 Å². The van der Waals surface area contributed by atoms with Gasteiger partial charge in [0.25, 0.3) is 11.8 Å². The van der Waals surface area contributed by atoms with Crippen LogP contribution in [-0.2, 0) is 9.59 Å². The zero-order valence-corrected chi connectivity index (χ0v) is 18.4. The van der Waals surface area contributed by atoms with Gasteiger partial charge in [-0.2, -0.15) is 0 Å². The van der Waals surface area contributed by atoms with E-state index in [1.807, 2.05) is 51.0 Å². The molecule has 0 aliphatic carbocycles. The lowest BCUT2D eigenvalue weighted by Crippen LogP contribution is -2.31. The van der Waals surface area contributed by atoms with Crippen LogP contribution in [0.2, 0.25) is 0 Å². The van der Waals surface area contributed by atoms with Gasteiger partial charge in [-0.3, -0.25) is 9.59 Å². The van der Waals surface area contributed by atoms with E-state index in [4.69, 9.17) is 4.74 Å². The molecule has 30 heavy (non-hydrogen) atoms. The molecule has 7 heteroatoms. The highest BCUT2D eigenvalue weighted by Crippen LogP contribution is 2.39. The van der Waals surface area contributed by atoms with Crippen LogP contribution in [0.25, 0.3) is 5.57 Å². The molecule has 1 N–H and O–H groups in total. The summed E-state index contributed by atoms with van der Waals surface area (Å²) >= 11 is 1.20. The molecular weight excluding hydrogens is 400 g/mol. The Morgan fingerprint density at radius 1 is 1.07 bits per heavy atom. The first kappa shape index (κ1) is 21.9. The maximum Gasteiger partial charge on any atom is 0.272 e. The van der Waals surface area contributed by atoms with Gasteiger partial charge in [-0.15, -0.1) is 11.8 Å². The lowest BCUT2D eigenvalue weighted by molar-refractivity contribution is -0.119. The Hall–Kier alpha value is -2.77. The monoisotopic (exact) mass is 426 g/mol. The van der Waals surface area contributed by atoms with Crippen LogP contribution in [0.1, 0.15) is 19.4 Å². The first-order chi connectivity index (χ1) is 14.3. The van der Waals surface area contributed by atoms with E-state index >= 15 is 0 Å². The number of hydrogen-bond donors (Lipinski definition) is 1. The first-order valence-electron chi connectivity index (χ1n) is 9.74. The van der Waals surface area contributed by atoms with E-state index in [-0.39, 0.29) is 24.5 Å². The Morgan fingerprint density at radius 3 is 2.37 bits per heavy atom. The third-order valence-electron chi connectivity index (χ3n) is 4.50. The number of aliphatic hydroxyl groups is 1. The number of hydrogen-bond acceptors (Lipinski definition) is 6. The predicted molar refractivity (Wildman–Crippen MR) is 122 cm³/mol. The Morgan fingerprint density at radius 2 is 1.77 bits per heavy atom. The van der Waals surface area contributed by atoms with Gasteiger partial charge in [0.05, 0.1) is 28.9 Å². The summed E-state index contributed by atoms with van der Waals surface area (Å²) in [5.74, 6) is 0.296.